The summed E-state index contributed by atoms with van der Waals surface area (Å²) in [7, 11) is 0. The molecule has 10 heteroatoms. The Morgan fingerprint density at radius 2 is 1.62 bits per heavy atom. The molecule has 0 saturated carbocycles. The number of hydrogen-bond donors (Lipinski definition) is 1. The van der Waals surface area contributed by atoms with Gasteiger partial charge in [-0.25, -0.2) is 9.29 Å². The minimum absolute atomic E-state index is 0.246. The Balaban J connectivity index is 1.42. The summed E-state index contributed by atoms with van der Waals surface area (Å²) in [6.07, 6.45) is 0. The van der Waals surface area contributed by atoms with Crippen molar-refractivity contribution in [2.75, 3.05) is 10.2 Å². The standard InChI is InChI=1S/C29H22FN3O4S2/c1-16-7-5-6-10-20(16)31-21(34)15-32-28-25(39-29(32)37)22(17-11-13-18(30)14-12-17)23-24(38-28)27(36)33(26(23)35)19-8-3-2-4-9-19/h2-14,22-24H,15H2,1H3,(H,31,34)/t22-,23?,24?/m1/s1. The van der Waals surface area contributed by atoms with Crippen molar-refractivity contribution in [1.82, 2.24) is 4.57 Å². The Kier molecular flexibility index (Phi) is 6.44. The van der Waals surface area contributed by atoms with Gasteiger partial charge < -0.3 is 5.32 Å². The second-order valence-electron chi connectivity index (χ2n) is 9.43. The van der Waals surface area contributed by atoms with Crippen molar-refractivity contribution in [3.63, 3.8) is 0 Å². The number of fused-ring (bicyclic) bond motifs is 2. The molecule has 2 unspecified atom stereocenters. The molecule has 3 heterocycles. The fraction of sp³-hybridized carbons (Fsp3) is 0.172. The lowest BCUT2D eigenvalue weighted by atomic mass is 9.83. The third-order valence-corrected chi connectivity index (χ3v) is 9.62. The van der Waals surface area contributed by atoms with E-state index < -0.39 is 22.9 Å². The molecule has 2 aliphatic rings. The van der Waals surface area contributed by atoms with Gasteiger partial charge in [0, 0.05) is 16.5 Å². The minimum Gasteiger partial charge on any atom is -0.324 e. The van der Waals surface area contributed by atoms with Gasteiger partial charge in [0.25, 0.3) is 0 Å². The normalized spacial score (nSPS) is 20.1. The Bertz CT molecular complexity index is 1670. The van der Waals surface area contributed by atoms with Crippen LogP contribution in [0.1, 0.15) is 21.9 Å². The van der Waals surface area contributed by atoms with Crippen LogP contribution in [0.5, 0.6) is 0 Å². The number of carbonyl (C=O) groups is 3. The molecule has 3 aromatic carbocycles. The van der Waals surface area contributed by atoms with Crippen molar-refractivity contribution < 1.29 is 18.8 Å². The van der Waals surface area contributed by atoms with E-state index in [-0.39, 0.29) is 29.1 Å². The van der Waals surface area contributed by atoms with Gasteiger partial charge in [0.05, 0.1) is 16.6 Å². The van der Waals surface area contributed by atoms with Crippen LogP contribution in [0, 0.1) is 18.7 Å². The van der Waals surface area contributed by atoms with Crippen molar-refractivity contribution in [2.45, 2.75) is 29.7 Å². The number of rotatable bonds is 5. The average Bonchev–Trinajstić information content (AvgIpc) is 3.37. The average molecular weight is 560 g/mol. The molecule has 0 aliphatic carbocycles. The van der Waals surface area contributed by atoms with Gasteiger partial charge in [0.15, 0.2) is 0 Å². The number of nitrogens with one attached hydrogen (secondary N) is 1. The van der Waals surface area contributed by atoms with Gasteiger partial charge in [-0.1, -0.05) is 71.6 Å². The van der Waals surface area contributed by atoms with Gasteiger partial charge >= 0.3 is 4.87 Å². The molecule has 196 valence electrons. The van der Waals surface area contributed by atoms with E-state index in [4.69, 9.17) is 0 Å². The quantitative estimate of drug-likeness (QED) is 0.355. The summed E-state index contributed by atoms with van der Waals surface area (Å²) in [5, 5.41) is 2.53. The van der Waals surface area contributed by atoms with Crippen molar-refractivity contribution >= 4 is 52.2 Å². The van der Waals surface area contributed by atoms with E-state index in [0.717, 1.165) is 28.7 Å². The van der Waals surface area contributed by atoms with Crippen LogP contribution in [0.3, 0.4) is 0 Å². The second kappa shape index (κ2) is 9.94. The van der Waals surface area contributed by atoms with Gasteiger partial charge in [0.1, 0.15) is 17.6 Å². The predicted octanol–water partition coefficient (Wildman–Crippen LogP) is 4.79. The number of anilines is 2. The second-order valence-corrected chi connectivity index (χ2v) is 11.6. The number of amides is 3. The van der Waals surface area contributed by atoms with Gasteiger partial charge in [-0.05, 0) is 48.4 Å². The first-order chi connectivity index (χ1) is 18.8. The number of hydrogen-bond acceptors (Lipinski definition) is 6. The number of imide groups is 1. The Morgan fingerprint density at radius 1 is 0.923 bits per heavy atom. The molecule has 4 aromatic rings. The van der Waals surface area contributed by atoms with Crippen LogP contribution in [-0.2, 0) is 20.9 Å². The summed E-state index contributed by atoms with van der Waals surface area (Å²) in [6.45, 7) is 1.63. The first kappa shape index (κ1) is 25.3. The number of carbonyl (C=O) groups excluding carboxylic acids is 3. The molecule has 0 radical (unpaired) electrons. The minimum atomic E-state index is -0.806. The maximum Gasteiger partial charge on any atom is 0.308 e. The molecular formula is C29H22FN3O4S2. The van der Waals surface area contributed by atoms with Gasteiger partial charge in [-0.2, -0.15) is 0 Å². The zero-order chi connectivity index (χ0) is 27.3. The van der Waals surface area contributed by atoms with E-state index in [9.17, 15) is 23.6 Å². The van der Waals surface area contributed by atoms with Crippen LogP contribution in [0.15, 0.2) is 88.7 Å². The number of halogens is 1. The third-order valence-electron chi connectivity index (χ3n) is 7.01. The van der Waals surface area contributed by atoms with Crippen LogP contribution in [-0.4, -0.2) is 27.5 Å². The first-order valence-electron chi connectivity index (χ1n) is 12.3. The summed E-state index contributed by atoms with van der Waals surface area (Å²) < 4.78 is 15.2. The zero-order valence-electron chi connectivity index (χ0n) is 20.7. The maximum absolute atomic E-state index is 13.8. The molecule has 6 rings (SSSR count). The van der Waals surface area contributed by atoms with E-state index >= 15 is 0 Å². The number of nitrogens with zero attached hydrogens (tertiary/aromatic N) is 2. The lowest BCUT2D eigenvalue weighted by molar-refractivity contribution is -0.122. The zero-order valence-corrected chi connectivity index (χ0v) is 22.3. The topological polar surface area (TPSA) is 88.5 Å². The Hall–Kier alpha value is -4.02. The number of thiazole rings is 1. The molecular weight excluding hydrogens is 537 g/mol. The fourth-order valence-corrected chi connectivity index (χ4v) is 7.94. The largest absolute Gasteiger partial charge is 0.324 e. The highest BCUT2D eigenvalue weighted by molar-refractivity contribution is 8.00. The van der Waals surface area contributed by atoms with Crippen molar-refractivity contribution in [2.24, 2.45) is 5.92 Å². The van der Waals surface area contributed by atoms with Crippen LogP contribution in [0.25, 0.3) is 0 Å². The molecule has 0 spiro atoms. The summed E-state index contributed by atoms with van der Waals surface area (Å²) >= 11 is 2.10. The van der Waals surface area contributed by atoms with Gasteiger partial charge in [0.2, 0.25) is 17.7 Å². The summed E-state index contributed by atoms with van der Waals surface area (Å²) in [5.74, 6) is -2.99. The smallest absolute Gasteiger partial charge is 0.308 e. The SMILES string of the molecule is Cc1ccccc1NC(=O)Cn1c2c(sc1=O)[C@H](c1ccc(F)cc1)C1C(=O)N(c3ccccc3)C(=O)C1S2. The third kappa shape index (κ3) is 4.39. The van der Waals surface area contributed by atoms with E-state index in [1.54, 1.807) is 48.5 Å². The maximum atomic E-state index is 13.8. The molecule has 1 N–H and O–H groups in total. The summed E-state index contributed by atoms with van der Waals surface area (Å²) in [5.41, 5.74) is 2.63. The van der Waals surface area contributed by atoms with E-state index in [1.165, 1.54) is 21.6 Å². The fourth-order valence-electron chi connectivity index (χ4n) is 5.16. The summed E-state index contributed by atoms with van der Waals surface area (Å²) in [6, 6.07) is 21.8. The molecule has 39 heavy (non-hydrogen) atoms. The lowest BCUT2D eigenvalue weighted by Gasteiger charge is -2.30. The number of para-hydroxylation sites is 2. The Morgan fingerprint density at radius 3 is 2.33 bits per heavy atom. The highest BCUT2D eigenvalue weighted by Gasteiger charge is 2.56. The van der Waals surface area contributed by atoms with Crippen molar-refractivity contribution in [3.05, 3.63) is 110 Å². The van der Waals surface area contributed by atoms with E-state index in [2.05, 4.69) is 5.32 Å². The van der Waals surface area contributed by atoms with Crippen molar-refractivity contribution in [3.8, 4) is 0 Å². The number of thioether (sulfide) groups is 1. The molecule has 2 aliphatic heterocycles. The van der Waals surface area contributed by atoms with Crippen LogP contribution in [0.2, 0.25) is 0 Å². The molecule has 7 nitrogen and oxygen atoms in total. The van der Waals surface area contributed by atoms with Crippen LogP contribution in [0.4, 0.5) is 15.8 Å². The summed E-state index contributed by atoms with van der Waals surface area (Å²) in [4.78, 5) is 55.1. The molecule has 0 bridgehead atoms. The monoisotopic (exact) mass is 559 g/mol. The molecule has 1 aromatic heterocycles. The molecule has 1 saturated heterocycles. The predicted molar refractivity (Wildman–Crippen MR) is 149 cm³/mol. The number of benzene rings is 3. The highest BCUT2D eigenvalue weighted by Crippen LogP contribution is 2.53. The van der Waals surface area contributed by atoms with Gasteiger partial charge in [-0.15, -0.1) is 0 Å². The van der Waals surface area contributed by atoms with E-state index in [0.29, 0.717) is 26.8 Å². The van der Waals surface area contributed by atoms with Crippen LogP contribution < -0.4 is 15.1 Å². The molecule has 1 fully saturated rings. The Labute approximate surface area is 231 Å². The van der Waals surface area contributed by atoms with E-state index in [1.807, 2.05) is 25.1 Å². The van der Waals surface area contributed by atoms with Crippen molar-refractivity contribution in [1.29, 1.82) is 0 Å². The van der Waals surface area contributed by atoms with Gasteiger partial charge in [-0.3, -0.25) is 23.7 Å². The lowest BCUT2D eigenvalue weighted by Crippen LogP contribution is -2.33. The van der Waals surface area contributed by atoms with Crippen LogP contribution >= 0.6 is 23.1 Å². The first-order valence-corrected chi connectivity index (χ1v) is 14.0. The number of aromatic nitrogens is 1. The highest BCUT2D eigenvalue weighted by atomic mass is 32.2. The number of aryl methyl sites for hydroxylation is 1. The molecule has 3 atom stereocenters. The molecule has 3 amide bonds.